The van der Waals surface area contributed by atoms with Gasteiger partial charge in [-0.05, 0) is 6.92 Å². The Kier molecular flexibility index (Phi) is 7.45. The third kappa shape index (κ3) is 6.04. The lowest BCUT2D eigenvalue weighted by Crippen LogP contribution is -2.51. The Labute approximate surface area is 105 Å². The number of likely N-dealkylation sites (N-methyl/N-ethyl adjacent to an activating group) is 1. The van der Waals surface area contributed by atoms with Crippen LogP contribution in [0.3, 0.4) is 0 Å². The number of aliphatic carboxylic acids is 1. The van der Waals surface area contributed by atoms with Crippen LogP contribution in [0.5, 0.6) is 0 Å². The molecule has 104 valence electrons. The number of nitrogens with zero attached hydrogens (tertiary/aromatic N) is 1. The van der Waals surface area contributed by atoms with Crippen molar-refractivity contribution in [3.05, 3.63) is 0 Å². The van der Waals surface area contributed by atoms with Crippen LogP contribution in [0.4, 0.5) is 4.79 Å². The van der Waals surface area contributed by atoms with E-state index in [0.29, 0.717) is 0 Å². The predicted molar refractivity (Wildman–Crippen MR) is 63.1 cm³/mol. The van der Waals surface area contributed by atoms with Crippen LogP contribution in [0.25, 0.3) is 0 Å². The Morgan fingerprint density at radius 1 is 1.39 bits per heavy atom. The van der Waals surface area contributed by atoms with Crippen molar-refractivity contribution in [1.82, 2.24) is 15.5 Å². The number of carbonyl (C=O) groups is 3. The number of amides is 3. The van der Waals surface area contributed by atoms with Gasteiger partial charge in [-0.1, -0.05) is 0 Å². The average Bonchev–Trinajstić information content (AvgIpc) is 2.32. The standard InChI is InChI=1S/C10H19N3O5/c1-7(9(16)11-2)12-10(17)13(4-5-18-3)6-8(14)15/h7H,4-6H2,1-3H3,(H,11,16)(H,12,17)(H,14,15). The highest BCUT2D eigenvalue weighted by Crippen LogP contribution is 1.93. The van der Waals surface area contributed by atoms with Gasteiger partial charge in [-0.2, -0.15) is 0 Å². The molecule has 0 saturated carbocycles. The van der Waals surface area contributed by atoms with E-state index in [1.54, 1.807) is 0 Å². The summed E-state index contributed by atoms with van der Waals surface area (Å²) in [5.74, 6) is -1.49. The van der Waals surface area contributed by atoms with Crippen molar-refractivity contribution in [2.24, 2.45) is 0 Å². The minimum Gasteiger partial charge on any atom is -0.480 e. The van der Waals surface area contributed by atoms with Crippen molar-refractivity contribution in [3.8, 4) is 0 Å². The van der Waals surface area contributed by atoms with Gasteiger partial charge in [-0.25, -0.2) is 4.79 Å². The van der Waals surface area contributed by atoms with E-state index in [0.717, 1.165) is 4.90 Å². The first kappa shape index (κ1) is 16.2. The second-order valence-corrected chi connectivity index (χ2v) is 3.59. The second kappa shape index (κ2) is 8.29. The smallest absolute Gasteiger partial charge is 0.323 e. The van der Waals surface area contributed by atoms with Crippen LogP contribution in [-0.2, 0) is 14.3 Å². The number of carbonyl (C=O) groups excluding carboxylic acids is 2. The van der Waals surface area contributed by atoms with Gasteiger partial charge < -0.3 is 25.4 Å². The van der Waals surface area contributed by atoms with E-state index in [1.807, 2.05) is 0 Å². The molecule has 3 N–H and O–H groups in total. The Morgan fingerprint density at radius 2 is 2.00 bits per heavy atom. The van der Waals surface area contributed by atoms with Gasteiger partial charge in [-0.3, -0.25) is 9.59 Å². The zero-order chi connectivity index (χ0) is 14.1. The number of carboxylic acid groups (broad SMARTS) is 1. The quantitative estimate of drug-likeness (QED) is 0.537. The molecule has 0 aliphatic carbocycles. The lowest BCUT2D eigenvalue weighted by molar-refractivity contribution is -0.137. The molecule has 8 nitrogen and oxygen atoms in total. The first-order chi connectivity index (χ1) is 8.42. The molecule has 1 atom stereocenters. The number of rotatable bonds is 7. The minimum atomic E-state index is -1.13. The number of methoxy groups -OCH3 is 1. The van der Waals surface area contributed by atoms with Crippen molar-refractivity contribution in [3.63, 3.8) is 0 Å². The number of ether oxygens (including phenoxy) is 1. The monoisotopic (exact) mass is 261 g/mol. The van der Waals surface area contributed by atoms with Gasteiger partial charge >= 0.3 is 12.0 Å². The van der Waals surface area contributed by atoms with Crippen LogP contribution < -0.4 is 10.6 Å². The van der Waals surface area contributed by atoms with E-state index >= 15 is 0 Å². The molecule has 0 bridgehead atoms. The maximum Gasteiger partial charge on any atom is 0.323 e. The summed E-state index contributed by atoms with van der Waals surface area (Å²) >= 11 is 0. The lowest BCUT2D eigenvalue weighted by Gasteiger charge is -2.22. The topological polar surface area (TPSA) is 108 Å². The second-order valence-electron chi connectivity index (χ2n) is 3.59. The summed E-state index contributed by atoms with van der Waals surface area (Å²) in [4.78, 5) is 34.6. The van der Waals surface area contributed by atoms with Crippen molar-refractivity contribution < 1.29 is 24.2 Å². The van der Waals surface area contributed by atoms with E-state index < -0.39 is 24.6 Å². The van der Waals surface area contributed by atoms with E-state index in [1.165, 1.54) is 21.1 Å². The third-order valence-electron chi connectivity index (χ3n) is 2.16. The summed E-state index contributed by atoms with van der Waals surface area (Å²) in [5.41, 5.74) is 0. The Hall–Kier alpha value is -1.83. The molecule has 8 heteroatoms. The fourth-order valence-corrected chi connectivity index (χ4v) is 1.18. The zero-order valence-corrected chi connectivity index (χ0v) is 10.7. The Balaban J connectivity index is 4.44. The number of hydrogen-bond donors (Lipinski definition) is 3. The molecule has 3 amide bonds. The highest BCUT2D eigenvalue weighted by atomic mass is 16.5. The molecular weight excluding hydrogens is 242 g/mol. The summed E-state index contributed by atoms with van der Waals surface area (Å²) < 4.78 is 4.78. The molecule has 0 saturated heterocycles. The fourth-order valence-electron chi connectivity index (χ4n) is 1.18. The van der Waals surface area contributed by atoms with E-state index in [-0.39, 0.29) is 19.1 Å². The highest BCUT2D eigenvalue weighted by molar-refractivity contribution is 5.87. The average molecular weight is 261 g/mol. The van der Waals surface area contributed by atoms with E-state index in [9.17, 15) is 14.4 Å². The molecule has 0 fully saturated rings. The van der Waals surface area contributed by atoms with Gasteiger partial charge in [0.05, 0.1) is 6.61 Å². The maximum absolute atomic E-state index is 11.7. The van der Waals surface area contributed by atoms with Crippen LogP contribution in [0.2, 0.25) is 0 Å². The molecule has 0 aliphatic rings. The largest absolute Gasteiger partial charge is 0.480 e. The van der Waals surface area contributed by atoms with E-state index in [4.69, 9.17) is 9.84 Å². The maximum atomic E-state index is 11.7. The molecular formula is C10H19N3O5. The first-order valence-corrected chi connectivity index (χ1v) is 5.40. The van der Waals surface area contributed by atoms with Crippen molar-refractivity contribution in [2.45, 2.75) is 13.0 Å². The summed E-state index contributed by atoms with van der Waals surface area (Å²) in [7, 11) is 2.90. The fraction of sp³-hybridized carbons (Fsp3) is 0.700. The summed E-state index contributed by atoms with van der Waals surface area (Å²) in [6, 6.07) is -1.35. The van der Waals surface area contributed by atoms with Gasteiger partial charge in [0.1, 0.15) is 12.6 Å². The van der Waals surface area contributed by atoms with Crippen molar-refractivity contribution in [1.29, 1.82) is 0 Å². The van der Waals surface area contributed by atoms with Gasteiger partial charge in [0.25, 0.3) is 0 Å². The SMILES string of the molecule is CNC(=O)C(C)NC(=O)N(CCOC)CC(=O)O. The molecule has 0 rings (SSSR count). The third-order valence-corrected chi connectivity index (χ3v) is 2.16. The predicted octanol–water partition coefficient (Wildman–Crippen LogP) is -1.14. The Morgan fingerprint density at radius 3 is 2.44 bits per heavy atom. The van der Waals surface area contributed by atoms with Gasteiger partial charge in [0.2, 0.25) is 5.91 Å². The molecule has 0 radical (unpaired) electrons. The number of carboxylic acids is 1. The molecule has 0 aromatic heterocycles. The molecule has 0 spiro atoms. The number of hydrogen-bond acceptors (Lipinski definition) is 4. The molecule has 1 unspecified atom stereocenters. The highest BCUT2D eigenvalue weighted by Gasteiger charge is 2.20. The molecule has 0 heterocycles. The van der Waals surface area contributed by atoms with Crippen LogP contribution >= 0.6 is 0 Å². The van der Waals surface area contributed by atoms with Crippen LogP contribution in [0.15, 0.2) is 0 Å². The molecule has 0 aromatic rings. The lowest BCUT2D eigenvalue weighted by atomic mass is 10.3. The van der Waals surface area contributed by atoms with Crippen LogP contribution in [0, 0.1) is 0 Å². The zero-order valence-electron chi connectivity index (χ0n) is 10.7. The molecule has 18 heavy (non-hydrogen) atoms. The van der Waals surface area contributed by atoms with Gasteiger partial charge in [0, 0.05) is 20.7 Å². The molecule has 0 aliphatic heterocycles. The summed E-state index contributed by atoms with van der Waals surface area (Å²) in [6.07, 6.45) is 0. The normalized spacial score (nSPS) is 11.5. The molecule has 0 aromatic carbocycles. The number of urea groups is 1. The first-order valence-electron chi connectivity index (χ1n) is 5.40. The summed E-state index contributed by atoms with van der Waals surface area (Å²) in [6.45, 7) is 1.41. The van der Waals surface area contributed by atoms with Crippen molar-refractivity contribution in [2.75, 3.05) is 33.9 Å². The van der Waals surface area contributed by atoms with Gasteiger partial charge in [-0.15, -0.1) is 0 Å². The van der Waals surface area contributed by atoms with Crippen molar-refractivity contribution >= 4 is 17.9 Å². The van der Waals surface area contributed by atoms with Gasteiger partial charge in [0.15, 0.2) is 0 Å². The van der Waals surface area contributed by atoms with E-state index in [2.05, 4.69) is 10.6 Å². The van der Waals surface area contributed by atoms with Crippen LogP contribution in [-0.4, -0.2) is 67.8 Å². The van der Waals surface area contributed by atoms with Crippen LogP contribution in [0.1, 0.15) is 6.92 Å². The minimum absolute atomic E-state index is 0.134. The summed E-state index contributed by atoms with van der Waals surface area (Å²) in [5, 5.41) is 13.5. The number of nitrogens with one attached hydrogen (secondary N) is 2. The Bertz CT molecular complexity index is 308.